The van der Waals surface area contributed by atoms with Crippen molar-refractivity contribution in [3.05, 3.63) is 36.5 Å². The lowest BCUT2D eigenvalue weighted by Crippen LogP contribution is -2.52. The first-order valence-electron chi connectivity index (χ1n) is 12.7. The third-order valence-electron chi connectivity index (χ3n) is 7.44. The first kappa shape index (κ1) is 22.8. The summed E-state index contributed by atoms with van der Waals surface area (Å²) in [5.41, 5.74) is 0. The number of hydrogen-bond acceptors (Lipinski definition) is 8. The maximum absolute atomic E-state index is 13.3. The molecule has 0 saturated carbocycles. The van der Waals surface area contributed by atoms with Crippen molar-refractivity contribution in [1.82, 2.24) is 25.0 Å². The minimum absolute atomic E-state index is 0.0266. The average Bonchev–Trinajstić information content (AvgIpc) is 2.93. The Balaban J connectivity index is 1.15. The van der Waals surface area contributed by atoms with Crippen LogP contribution in [0, 0.1) is 5.92 Å². The molecule has 34 heavy (non-hydrogen) atoms. The molecule has 1 amide bonds. The lowest BCUT2D eigenvalue weighted by Gasteiger charge is -2.39. The van der Waals surface area contributed by atoms with Crippen molar-refractivity contribution < 1.29 is 4.79 Å². The summed E-state index contributed by atoms with van der Waals surface area (Å²) in [7, 11) is 0. The van der Waals surface area contributed by atoms with E-state index in [-0.39, 0.29) is 11.8 Å². The van der Waals surface area contributed by atoms with Gasteiger partial charge >= 0.3 is 0 Å². The predicted molar refractivity (Wildman–Crippen MR) is 134 cm³/mol. The zero-order valence-corrected chi connectivity index (χ0v) is 20.2. The SMILES string of the molecule is CCN1CCN(c2ccc(N3CCC[C@@H](C(=O)N4CCN(c5ccccn5)CC4)C3)nn2)CC1. The molecule has 3 saturated heterocycles. The van der Waals surface area contributed by atoms with Crippen LogP contribution in [0.4, 0.5) is 17.5 Å². The highest BCUT2D eigenvalue weighted by Gasteiger charge is 2.32. The van der Waals surface area contributed by atoms with Crippen molar-refractivity contribution in [1.29, 1.82) is 0 Å². The highest BCUT2D eigenvalue weighted by Crippen LogP contribution is 2.25. The zero-order chi connectivity index (χ0) is 23.3. The van der Waals surface area contributed by atoms with E-state index in [4.69, 9.17) is 0 Å². The molecular weight excluding hydrogens is 428 g/mol. The molecule has 0 aromatic carbocycles. The molecule has 3 aliphatic rings. The predicted octanol–water partition coefficient (Wildman–Crippen LogP) is 1.58. The van der Waals surface area contributed by atoms with E-state index in [0.717, 1.165) is 102 Å². The normalized spacial score (nSPS) is 22.2. The largest absolute Gasteiger partial charge is 0.354 e. The molecule has 9 heteroatoms. The second kappa shape index (κ2) is 10.5. The summed E-state index contributed by atoms with van der Waals surface area (Å²) in [5.74, 6) is 3.14. The van der Waals surface area contributed by atoms with Gasteiger partial charge in [-0.2, -0.15) is 0 Å². The molecule has 3 fully saturated rings. The molecule has 5 rings (SSSR count). The summed E-state index contributed by atoms with van der Waals surface area (Å²) < 4.78 is 0. The number of likely N-dealkylation sites (N-methyl/N-ethyl adjacent to an activating group) is 1. The van der Waals surface area contributed by atoms with Gasteiger partial charge in [-0.15, -0.1) is 10.2 Å². The standard InChI is InChI=1S/C25H36N8O/c1-2-29-12-14-31(15-13-29)23-8-9-24(28-27-23)33-11-5-6-21(20-33)25(34)32-18-16-30(17-19-32)22-7-3-4-10-26-22/h3-4,7-10,21H,2,5-6,11-20H2,1H3/t21-/m1/s1. The van der Waals surface area contributed by atoms with Crippen molar-refractivity contribution in [3.63, 3.8) is 0 Å². The molecule has 3 aliphatic heterocycles. The number of anilines is 3. The summed E-state index contributed by atoms with van der Waals surface area (Å²) in [5, 5.41) is 9.08. The number of nitrogens with zero attached hydrogens (tertiary/aromatic N) is 8. The fourth-order valence-electron chi connectivity index (χ4n) is 5.29. The van der Waals surface area contributed by atoms with E-state index >= 15 is 0 Å². The van der Waals surface area contributed by atoms with E-state index in [1.807, 2.05) is 29.3 Å². The second-order valence-electron chi connectivity index (χ2n) is 9.46. The molecule has 1 atom stereocenters. The summed E-state index contributed by atoms with van der Waals surface area (Å²) in [6, 6.07) is 10.1. The molecule has 0 unspecified atom stereocenters. The van der Waals surface area contributed by atoms with Crippen LogP contribution in [0.15, 0.2) is 36.5 Å². The Kier molecular flexibility index (Phi) is 7.08. The molecule has 0 aliphatic carbocycles. The number of pyridine rings is 1. The van der Waals surface area contributed by atoms with Crippen molar-refractivity contribution in [2.45, 2.75) is 19.8 Å². The minimum atomic E-state index is 0.0266. The van der Waals surface area contributed by atoms with Gasteiger partial charge in [-0.1, -0.05) is 13.0 Å². The van der Waals surface area contributed by atoms with Crippen molar-refractivity contribution >= 4 is 23.4 Å². The third kappa shape index (κ3) is 5.09. The Morgan fingerprint density at radius 1 is 0.824 bits per heavy atom. The summed E-state index contributed by atoms with van der Waals surface area (Å²) >= 11 is 0. The van der Waals surface area contributed by atoms with E-state index in [0.29, 0.717) is 0 Å². The van der Waals surface area contributed by atoms with Gasteiger partial charge in [0, 0.05) is 71.6 Å². The maximum Gasteiger partial charge on any atom is 0.227 e. The summed E-state index contributed by atoms with van der Waals surface area (Å²) in [6.07, 6.45) is 3.78. The molecule has 182 valence electrons. The van der Waals surface area contributed by atoms with Gasteiger partial charge in [0.1, 0.15) is 5.82 Å². The van der Waals surface area contributed by atoms with Crippen LogP contribution in [-0.2, 0) is 4.79 Å². The first-order valence-corrected chi connectivity index (χ1v) is 12.7. The lowest BCUT2D eigenvalue weighted by molar-refractivity contribution is -0.136. The number of amides is 1. The number of piperidine rings is 1. The Labute approximate surface area is 202 Å². The monoisotopic (exact) mass is 464 g/mol. The lowest BCUT2D eigenvalue weighted by atomic mass is 9.96. The molecule has 2 aromatic heterocycles. The molecule has 2 aromatic rings. The van der Waals surface area contributed by atoms with E-state index in [2.05, 4.69) is 53.8 Å². The van der Waals surface area contributed by atoms with Gasteiger partial charge in [-0.3, -0.25) is 4.79 Å². The zero-order valence-electron chi connectivity index (χ0n) is 20.2. The Morgan fingerprint density at radius 3 is 2.15 bits per heavy atom. The highest BCUT2D eigenvalue weighted by molar-refractivity contribution is 5.80. The quantitative estimate of drug-likeness (QED) is 0.661. The number of piperazine rings is 2. The summed E-state index contributed by atoms with van der Waals surface area (Å²) in [6.45, 7) is 12.3. The topological polar surface area (TPSA) is 71.9 Å². The van der Waals surface area contributed by atoms with Crippen LogP contribution in [0.3, 0.4) is 0 Å². The van der Waals surface area contributed by atoms with Crippen LogP contribution in [0.1, 0.15) is 19.8 Å². The number of hydrogen-bond donors (Lipinski definition) is 0. The second-order valence-corrected chi connectivity index (χ2v) is 9.46. The van der Waals surface area contributed by atoms with Crippen LogP contribution < -0.4 is 14.7 Å². The number of carbonyl (C=O) groups is 1. The molecule has 0 spiro atoms. The van der Waals surface area contributed by atoms with Gasteiger partial charge in [0.15, 0.2) is 11.6 Å². The van der Waals surface area contributed by atoms with Gasteiger partial charge in [-0.25, -0.2) is 4.98 Å². The third-order valence-corrected chi connectivity index (χ3v) is 7.44. The van der Waals surface area contributed by atoms with Crippen LogP contribution in [0.5, 0.6) is 0 Å². The number of aromatic nitrogens is 3. The highest BCUT2D eigenvalue weighted by atomic mass is 16.2. The first-order chi connectivity index (χ1) is 16.7. The average molecular weight is 465 g/mol. The van der Waals surface area contributed by atoms with Gasteiger partial charge in [0.05, 0.1) is 5.92 Å². The molecule has 0 N–H and O–H groups in total. The van der Waals surface area contributed by atoms with Crippen LogP contribution >= 0.6 is 0 Å². The molecular formula is C25H36N8O. The Hall–Kier alpha value is -2.94. The maximum atomic E-state index is 13.3. The van der Waals surface area contributed by atoms with Gasteiger partial charge in [0.2, 0.25) is 5.91 Å². The van der Waals surface area contributed by atoms with Gasteiger partial charge in [-0.05, 0) is 43.7 Å². The van der Waals surface area contributed by atoms with Crippen molar-refractivity contribution in [2.75, 3.05) is 86.7 Å². The van der Waals surface area contributed by atoms with Crippen LogP contribution in [-0.4, -0.2) is 103 Å². The van der Waals surface area contributed by atoms with Crippen LogP contribution in [0.2, 0.25) is 0 Å². The van der Waals surface area contributed by atoms with E-state index in [9.17, 15) is 4.79 Å². The Morgan fingerprint density at radius 2 is 1.50 bits per heavy atom. The smallest absolute Gasteiger partial charge is 0.227 e. The molecule has 9 nitrogen and oxygen atoms in total. The van der Waals surface area contributed by atoms with Crippen molar-refractivity contribution in [3.8, 4) is 0 Å². The molecule has 5 heterocycles. The van der Waals surface area contributed by atoms with Gasteiger partial charge < -0.3 is 24.5 Å². The van der Waals surface area contributed by atoms with Crippen LogP contribution in [0.25, 0.3) is 0 Å². The van der Waals surface area contributed by atoms with E-state index in [1.165, 1.54) is 0 Å². The summed E-state index contributed by atoms with van der Waals surface area (Å²) in [4.78, 5) is 29.1. The Bertz CT molecular complexity index is 924. The van der Waals surface area contributed by atoms with E-state index < -0.39 is 0 Å². The fourth-order valence-corrected chi connectivity index (χ4v) is 5.29. The molecule has 0 radical (unpaired) electrons. The minimum Gasteiger partial charge on any atom is -0.354 e. The number of rotatable bonds is 5. The van der Waals surface area contributed by atoms with Crippen molar-refractivity contribution in [2.24, 2.45) is 5.92 Å². The van der Waals surface area contributed by atoms with E-state index in [1.54, 1.807) is 0 Å². The van der Waals surface area contributed by atoms with Gasteiger partial charge in [0.25, 0.3) is 0 Å². The molecule has 0 bridgehead atoms. The fraction of sp³-hybridized carbons (Fsp3) is 0.600. The number of carbonyl (C=O) groups excluding carboxylic acids is 1.